The Bertz CT molecular complexity index is 434. The lowest BCUT2D eigenvalue weighted by atomic mass is 10.3. The molecule has 0 aromatic heterocycles. The van der Waals surface area contributed by atoms with Gasteiger partial charge in [0.2, 0.25) is 10.0 Å². The number of nitrogens with one attached hydrogen (secondary N) is 1. The molecule has 1 fully saturated rings. The van der Waals surface area contributed by atoms with Gasteiger partial charge in [-0.25, -0.2) is 16.8 Å². The fourth-order valence-electron chi connectivity index (χ4n) is 1.54. The molecule has 0 aromatic rings. The Morgan fingerprint density at radius 3 is 2.29 bits per heavy atom. The van der Waals surface area contributed by atoms with Gasteiger partial charge in [0.25, 0.3) is 0 Å². The van der Waals surface area contributed by atoms with Crippen LogP contribution in [0.4, 0.5) is 0 Å². The molecule has 1 saturated heterocycles. The second-order valence-corrected chi connectivity index (χ2v) is 8.51. The third-order valence-electron chi connectivity index (χ3n) is 2.44. The van der Waals surface area contributed by atoms with E-state index in [2.05, 4.69) is 5.32 Å². The molecule has 1 rings (SSSR count). The maximum atomic E-state index is 11.8. The summed E-state index contributed by atoms with van der Waals surface area (Å²) in [5.74, 6) is -0.633. The predicted molar refractivity (Wildman–Crippen MR) is 69.8 cm³/mol. The van der Waals surface area contributed by atoms with E-state index in [-0.39, 0.29) is 30.0 Å². The first-order chi connectivity index (χ1) is 7.21. The molecule has 1 N–H and O–H groups in total. The maximum absolute atomic E-state index is 11.8. The minimum absolute atomic E-state index is 0. The van der Waals surface area contributed by atoms with Crippen molar-refractivity contribution in [1.29, 1.82) is 0 Å². The first-order valence-electron chi connectivity index (χ1n) is 5.10. The Kier molecular flexibility index (Phi) is 6.37. The lowest BCUT2D eigenvalue weighted by Gasteiger charge is -2.30. The van der Waals surface area contributed by atoms with Crippen molar-refractivity contribution in [3.8, 4) is 0 Å². The van der Waals surface area contributed by atoms with Crippen molar-refractivity contribution >= 4 is 32.3 Å². The van der Waals surface area contributed by atoms with Crippen molar-refractivity contribution in [2.45, 2.75) is 13.0 Å². The summed E-state index contributed by atoms with van der Waals surface area (Å²) in [4.78, 5) is 0. The van der Waals surface area contributed by atoms with Gasteiger partial charge in [0.05, 0.1) is 11.5 Å². The van der Waals surface area contributed by atoms with Gasteiger partial charge in [0, 0.05) is 31.9 Å². The molecule has 1 heterocycles. The second-order valence-electron chi connectivity index (χ2n) is 4.16. The average Bonchev–Trinajstić information content (AvgIpc) is 2.14. The van der Waals surface area contributed by atoms with Crippen molar-refractivity contribution in [1.82, 2.24) is 9.62 Å². The Balaban J connectivity index is 0.00000256. The lowest BCUT2D eigenvalue weighted by molar-refractivity contribution is 0.310. The van der Waals surface area contributed by atoms with E-state index in [0.717, 1.165) is 6.26 Å². The van der Waals surface area contributed by atoms with Crippen LogP contribution in [0, 0.1) is 0 Å². The zero-order chi connectivity index (χ0) is 12.4. The number of piperazine rings is 1. The first-order valence-corrected chi connectivity index (χ1v) is 8.76. The largest absolute Gasteiger partial charge is 0.312 e. The molecule has 0 unspecified atom stereocenters. The van der Waals surface area contributed by atoms with E-state index in [1.807, 2.05) is 6.92 Å². The molecule has 0 aromatic carbocycles. The summed E-state index contributed by atoms with van der Waals surface area (Å²) in [6.07, 6.45) is 1.04. The predicted octanol–water partition coefficient (Wildman–Crippen LogP) is -0.924. The Morgan fingerprint density at radius 2 is 1.82 bits per heavy atom. The molecule has 1 atom stereocenters. The molecular formula is C8H19ClN2O4S2. The van der Waals surface area contributed by atoms with E-state index in [1.165, 1.54) is 4.31 Å². The summed E-state index contributed by atoms with van der Waals surface area (Å²) >= 11 is 0. The topological polar surface area (TPSA) is 83.6 Å². The van der Waals surface area contributed by atoms with E-state index in [9.17, 15) is 16.8 Å². The molecule has 0 bridgehead atoms. The SMILES string of the molecule is C[C@@H]1CN(S(=O)(=O)CCS(C)(=O)=O)CCN1.Cl. The van der Waals surface area contributed by atoms with Crippen molar-refractivity contribution in [2.24, 2.45) is 0 Å². The highest BCUT2D eigenvalue weighted by atomic mass is 35.5. The van der Waals surface area contributed by atoms with Crippen molar-refractivity contribution < 1.29 is 16.8 Å². The molecular weight excluding hydrogens is 288 g/mol. The summed E-state index contributed by atoms with van der Waals surface area (Å²) in [7, 11) is -6.67. The van der Waals surface area contributed by atoms with E-state index in [0.29, 0.717) is 19.6 Å². The fourth-order valence-corrected chi connectivity index (χ4v) is 4.67. The second kappa shape index (κ2) is 6.33. The molecule has 0 saturated carbocycles. The van der Waals surface area contributed by atoms with Crippen LogP contribution in [0.25, 0.3) is 0 Å². The first kappa shape index (κ1) is 17.1. The number of rotatable bonds is 4. The highest BCUT2D eigenvalue weighted by molar-refractivity contribution is 7.93. The Hall–Kier alpha value is 0.110. The number of sulfone groups is 1. The molecule has 6 nitrogen and oxygen atoms in total. The van der Waals surface area contributed by atoms with Crippen LogP contribution in [0.15, 0.2) is 0 Å². The number of halogens is 1. The van der Waals surface area contributed by atoms with Crippen LogP contribution in [-0.4, -0.2) is 64.6 Å². The van der Waals surface area contributed by atoms with Crippen molar-refractivity contribution in [3.63, 3.8) is 0 Å². The molecule has 9 heteroatoms. The third kappa shape index (κ3) is 6.01. The highest BCUT2D eigenvalue weighted by Gasteiger charge is 2.27. The number of nitrogens with zero attached hydrogens (tertiary/aromatic N) is 1. The number of hydrogen-bond donors (Lipinski definition) is 1. The van der Waals surface area contributed by atoms with E-state index in [4.69, 9.17) is 0 Å². The monoisotopic (exact) mass is 306 g/mol. The number of sulfonamides is 1. The third-order valence-corrected chi connectivity index (χ3v) is 5.48. The van der Waals surface area contributed by atoms with Gasteiger partial charge in [-0.3, -0.25) is 0 Å². The van der Waals surface area contributed by atoms with Gasteiger partial charge in [-0.15, -0.1) is 12.4 Å². The van der Waals surface area contributed by atoms with Gasteiger partial charge in [-0.1, -0.05) is 0 Å². The van der Waals surface area contributed by atoms with Crippen LogP contribution >= 0.6 is 12.4 Å². The number of hydrogen-bond acceptors (Lipinski definition) is 5. The van der Waals surface area contributed by atoms with Gasteiger partial charge in [-0.2, -0.15) is 4.31 Å². The summed E-state index contributed by atoms with van der Waals surface area (Å²) in [6, 6.07) is 0.113. The van der Waals surface area contributed by atoms with Crippen LogP contribution in [0.2, 0.25) is 0 Å². The molecule has 0 aliphatic carbocycles. The van der Waals surface area contributed by atoms with E-state index >= 15 is 0 Å². The van der Waals surface area contributed by atoms with Gasteiger partial charge >= 0.3 is 0 Å². The normalized spacial score (nSPS) is 23.1. The maximum Gasteiger partial charge on any atom is 0.215 e. The van der Waals surface area contributed by atoms with E-state index in [1.54, 1.807) is 0 Å². The zero-order valence-corrected chi connectivity index (χ0v) is 12.4. The molecule has 1 aliphatic heterocycles. The quantitative estimate of drug-likeness (QED) is 0.726. The molecule has 0 radical (unpaired) electrons. The smallest absolute Gasteiger partial charge is 0.215 e. The molecule has 17 heavy (non-hydrogen) atoms. The van der Waals surface area contributed by atoms with Crippen LogP contribution in [0.3, 0.4) is 0 Å². The van der Waals surface area contributed by atoms with Gasteiger partial charge in [0.15, 0.2) is 0 Å². The van der Waals surface area contributed by atoms with Crippen LogP contribution in [-0.2, 0) is 19.9 Å². The molecule has 0 amide bonds. The molecule has 0 spiro atoms. The minimum Gasteiger partial charge on any atom is -0.312 e. The Morgan fingerprint density at radius 1 is 1.24 bits per heavy atom. The fraction of sp³-hybridized carbons (Fsp3) is 1.00. The van der Waals surface area contributed by atoms with Crippen molar-refractivity contribution in [2.75, 3.05) is 37.4 Å². The standard InChI is InChI=1S/C8H18N2O4S2.ClH/c1-8-7-10(4-3-9-8)16(13,14)6-5-15(2,11)12;/h8-9H,3-7H2,1-2H3;1H/t8-;/m1./s1. The summed E-state index contributed by atoms with van der Waals surface area (Å²) in [5.41, 5.74) is 0. The summed E-state index contributed by atoms with van der Waals surface area (Å²) in [6.45, 7) is 3.33. The zero-order valence-electron chi connectivity index (χ0n) is 9.92. The summed E-state index contributed by atoms with van der Waals surface area (Å²) in [5, 5.41) is 3.13. The van der Waals surface area contributed by atoms with Crippen LogP contribution in [0.1, 0.15) is 6.92 Å². The molecule has 1 aliphatic rings. The van der Waals surface area contributed by atoms with Gasteiger partial charge < -0.3 is 5.32 Å². The van der Waals surface area contributed by atoms with Gasteiger partial charge in [0.1, 0.15) is 9.84 Å². The minimum atomic E-state index is -3.44. The van der Waals surface area contributed by atoms with Crippen LogP contribution < -0.4 is 5.32 Å². The Labute approximate surface area is 109 Å². The van der Waals surface area contributed by atoms with Crippen LogP contribution in [0.5, 0.6) is 0 Å². The van der Waals surface area contributed by atoms with Crippen molar-refractivity contribution in [3.05, 3.63) is 0 Å². The highest BCUT2D eigenvalue weighted by Crippen LogP contribution is 2.07. The van der Waals surface area contributed by atoms with E-state index < -0.39 is 19.9 Å². The van der Waals surface area contributed by atoms with Gasteiger partial charge in [-0.05, 0) is 6.92 Å². The average molecular weight is 307 g/mol. The summed E-state index contributed by atoms with van der Waals surface area (Å²) < 4.78 is 46.8. The lowest BCUT2D eigenvalue weighted by Crippen LogP contribution is -2.52. The molecule has 104 valence electrons.